The zero-order valence-corrected chi connectivity index (χ0v) is 22.0. The van der Waals surface area contributed by atoms with Gasteiger partial charge >= 0.3 is 0 Å². The van der Waals surface area contributed by atoms with Gasteiger partial charge in [0.15, 0.2) is 0 Å². The Balaban J connectivity index is 1.48. The summed E-state index contributed by atoms with van der Waals surface area (Å²) < 4.78 is 6.98. The predicted molar refractivity (Wildman–Crippen MR) is 140 cm³/mol. The van der Waals surface area contributed by atoms with Crippen molar-refractivity contribution < 1.29 is 14.3 Å². The summed E-state index contributed by atoms with van der Waals surface area (Å²) in [5.74, 6) is 0.860. The normalized spacial score (nSPS) is 16.4. The van der Waals surface area contributed by atoms with Gasteiger partial charge in [-0.25, -0.2) is 4.98 Å². The minimum absolute atomic E-state index is 0.0199. The average molecular weight is 508 g/mol. The number of aromatic nitrogens is 3. The number of amides is 2. The summed E-state index contributed by atoms with van der Waals surface area (Å²) in [6, 6.07) is 2.98. The number of aryl methyl sites for hydroxylation is 1. The number of allylic oxidation sites excluding steroid dienone is 1. The van der Waals surface area contributed by atoms with Gasteiger partial charge < -0.3 is 26.1 Å². The maximum atomic E-state index is 13.6. The van der Waals surface area contributed by atoms with Gasteiger partial charge in [0.2, 0.25) is 11.8 Å². The van der Waals surface area contributed by atoms with Gasteiger partial charge in [-0.3, -0.25) is 14.3 Å². The first-order valence-electron chi connectivity index (χ1n) is 12.9. The summed E-state index contributed by atoms with van der Waals surface area (Å²) >= 11 is 0. The smallest absolute Gasteiger partial charge is 0.270 e. The van der Waals surface area contributed by atoms with Crippen molar-refractivity contribution in [3.05, 3.63) is 53.2 Å². The lowest BCUT2D eigenvalue weighted by atomic mass is 9.88. The van der Waals surface area contributed by atoms with Gasteiger partial charge in [0.05, 0.1) is 12.8 Å². The van der Waals surface area contributed by atoms with Crippen LogP contribution in [0, 0.1) is 30.1 Å². The van der Waals surface area contributed by atoms with Crippen molar-refractivity contribution in [1.82, 2.24) is 30.7 Å². The van der Waals surface area contributed by atoms with E-state index in [1.54, 1.807) is 36.5 Å². The number of hydrogen-bond donors (Lipinski definition) is 4. The standard InChI is InChI=1S/C27H37N7O3/c1-16(2)34-22(9-10-31-34)25(35)33-24(23(18-5-6-18)19-7-8-19)26(36)32-21(12-28)15-29-14-20-11-17(3)13-30-27(20)37-4/h9-13,15-16,18-19,23-24,28-29H,5-8,14H2,1-4H3,(H,32,36)(H,33,35)/b21-15+,28-12?. The summed E-state index contributed by atoms with van der Waals surface area (Å²) in [5, 5.41) is 21.1. The van der Waals surface area contributed by atoms with E-state index in [1.165, 1.54) is 0 Å². The van der Waals surface area contributed by atoms with Crippen LogP contribution in [0.2, 0.25) is 0 Å². The van der Waals surface area contributed by atoms with Crippen LogP contribution in [0.15, 0.2) is 36.4 Å². The zero-order chi connectivity index (χ0) is 26.5. The third-order valence-electron chi connectivity index (χ3n) is 6.91. The Kier molecular flexibility index (Phi) is 8.25. The van der Waals surface area contributed by atoms with Crippen LogP contribution < -0.4 is 20.7 Å². The van der Waals surface area contributed by atoms with Crippen molar-refractivity contribution in [2.45, 2.75) is 65.1 Å². The van der Waals surface area contributed by atoms with E-state index in [4.69, 9.17) is 10.1 Å². The highest BCUT2D eigenvalue weighted by atomic mass is 16.5. The Hall–Kier alpha value is -3.69. The Morgan fingerprint density at radius 3 is 2.54 bits per heavy atom. The molecule has 2 aromatic rings. The number of ether oxygens (including phenoxy) is 1. The molecule has 10 heteroatoms. The van der Waals surface area contributed by atoms with Crippen molar-refractivity contribution in [2.75, 3.05) is 7.11 Å². The SMILES string of the molecule is COc1ncc(C)cc1CN/C=C(\C=N)NC(=O)C(NC(=O)c1ccnn1C(C)C)C(C1CC1)C1CC1. The zero-order valence-electron chi connectivity index (χ0n) is 22.0. The second kappa shape index (κ2) is 11.6. The molecular weight excluding hydrogens is 470 g/mol. The molecule has 10 nitrogen and oxygen atoms in total. The van der Waals surface area contributed by atoms with E-state index < -0.39 is 6.04 Å². The molecule has 0 radical (unpaired) electrons. The Bertz CT molecular complexity index is 1150. The molecule has 2 aliphatic rings. The molecule has 198 valence electrons. The van der Waals surface area contributed by atoms with Gasteiger partial charge in [0.25, 0.3) is 5.91 Å². The molecule has 2 heterocycles. The molecule has 4 rings (SSSR count). The molecule has 2 aliphatic carbocycles. The number of carbonyl (C=O) groups is 2. The van der Waals surface area contributed by atoms with Gasteiger partial charge in [-0.2, -0.15) is 5.10 Å². The first-order chi connectivity index (χ1) is 17.8. The largest absolute Gasteiger partial charge is 0.481 e. The number of hydrogen-bond acceptors (Lipinski definition) is 7. The van der Waals surface area contributed by atoms with Gasteiger partial charge in [-0.05, 0) is 81.9 Å². The van der Waals surface area contributed by atoms with E-state index >= 15 is 0 Å². The second-order valence-electron chi connectivity index (χ2n) is 10.3. The molecule has 2 aromatic heterocycles. The van der Waals surface area contributed by atoms with E-state index in [0.717, 1.165) is 43.0 Å². The summed E-state index contributed by atoms with van der Waals surface area (Å²) in [5.41, 5.74) is 2.61. The van der Waals surface area contributed by atoms with Crippen LogP contribution in [0.5, 0.6) is 5.88 Å². The lowest BCUT2D eigenvalue weighted by molar-refractivity contribution is -0.123. The monoisotopic (exact) mass is 507 g/mol. The van der Waals surface area contributed by atoms with Crippen LogP contribution in [0.4, 0.5) is 0 Å². The fraction of sp³-hybridized carbons (Fsp3) is 0.519. The molecule has 4 N–H and O–H groups in total. The molecule has 0 saturated heterocycles. The minimum atomic E-state index is -0.688. The average Bonchev–Trinajstić information content (AvgIpc) is 3.82. The van der Waals surface area contributed by atoms with Gasteiger partial charge in [-0.1, -0.05) is 0 Å². The Morgan fingerprint density at radius 1 is 1.24 bits per heavy atom. The third kappa shape index (κ3) is 6.55. The second-order valence-corrected chi connectivity index (χ2v) is 10.3. The molecule has 37 heavy (non-hydrogen) atoms. The van der Waals surface area contributed by atoms with E-state index in [0.29, 0.717) is 35.7 Å². The minimum Gasteiger partial charge on any atom is -0.481 e. The third-order valence-corrected chi connectivity index (χ3v) is 6.91. The van der Waals surface area contributed by atoms with Crippen LogP contribution in [0.1, 0.15) is 67.2 Å². The van der Waals surface area contributed by atoms with E-state index in [9.17, 15) is 9.59 Å². The van der Waals surface area contributed by atoms with E-state index in [-0.39, 0.29) is 23.8 Å². The summed E-state index contributed by atoms with van der Waals surface area (Å²) in [6.45, 7) is 6.29. The predicted octanol–water partition coefficient (Wildman–Crippen LogP) is 3.11. The van der Waals surface area contributed by atoms with Crippen LogP contribution in [-0.4, -0.2) is 45.9 Å². The molecule has 2 fully saturated rings. The Morgan fingerprint density at radius 2 is 1.95 bits per heavy atom. The number of methoxy groups -OCH3 is 1. The number of pyridine rings is 1. The number of nitrogens with one attached hydrogen (secondary N) is 4. The molecule has 2 amide bonds. The Labute approximate surface area is 217 Å². The van der Waals surface area contributed by atoms with Crippen molar-refractivity contribution in [1.29, 1.82) is 5.41 Å². The van der Waals surface area contributed by atoms with Crippen LogP contribution >= 0.6 is 0 Å². The quantitative estimate of drug-likeness (QED) is 0.308. The fourth-order valence-corrected chi connectivity index (χ4v) is 4.88. The van der Waals surface area contributed by atoms with Crippen LogP contribution in [0.3, 0.4) is 0 Å². The molecular formula is C27H37N7O3. The van der Waals surface area contributed by atoms with Crippen molar-refractivity contribution in [3.63, 3.8) is 0 Å². The molecule has 0 aliphatic heterocycles. The van der Waals surface area contributed by atoms with Crippen molar-refractivity contribution in [2.24, 2.45) is 17.8 Å². The molecule has 2 saturated carbocycles. The van der Waals surface area contributed by atoms with E-state index in [2.05, 4.69) is 26.0 Å². The maximum absolute atomic E-state index is 13.6. The van der Waals surface area contributed by atoms with Gasteiger partial charge in [-0.15, -0.1) is 0 Å². The number of nitrogens with zero attached hydrogens (tertiary/aromatic N) is 3. The highest BCUT2D eigenvalue weighted by Crippen LogP contribution is 2.50. The molecule has 0 spiro atoms. The molecule has 0 aromatic carbocycles. The summed E-state index contributed by atoms with van der Waals surface area (Å²) in [7, 11) is 1.57. The van der Waals surface area contributed by atoms with Crippen molar-refractivity contribution in [3.8, 4) is 5.88 Å². The lowest BCUT2D eigenvalue weighted by Crippen LogP contribution is -2.52. The maximum Gasteiger partial charge on any atom is 0.270 e. The first kappa shape index (κ1) is 26.4. The topological polar surface area (TPSA) is 134 Å². The number of rotatable bonds is 13. The molecule has 0 bridgehead atoms. The van der Waals surface area contributed by atoms with E-state index in [1.807, 2.05) is 26.8 Å². The van der Waals surface area contributed by atoms with Crippen LogP contribution in [0.25, 0.3) is 0 Å². The summed E-state index contributed by atoms with van der Waals surface area (Å²) in [6.07, 6.45) is 10.3. The number of carbonyl (C=O) groups excluding carboxylic acids is 2. The van der Waals surface area contributed by atoms with Gasteiger partial charge in [0, 0.05) is 43.0 Å². The molecule has 1 unspecified atom stereocenters. The van der Waals surface area contributed by atoms with Crippen LogP contribution in [-0.2, 0) is 11.3 Å². The highest BCUT2D eigenvalue weighted by molar-refractivity contribution is 5.98. The first-order valence-corrected chi connectivity index (χ1v) is 12.9. The van der Waals surface area contributed by atoms with Crippen molar-refractivity contribution >= 4 is 18.0 Å². The highest BCUT2D eigenvalue weighted by Gasteiger charge is 2.48. The fourth-order valence-electron chi connectivity index (χ4n) is 4.88. The molecule has 1 atom stereocenters. The lowest BCUT2D eigenvalue weighted by Gasteiger charge is -2.28. The summed E-state index contributed by atoms with van der Waals surface area (Å²) in [4.78, 5) is 31.1. The van der Waals surface area contributed by atoms with Gasteiger partial charge in [0.1, 0.15) is 11.7 Å².